The summed E-state index contributed by atoms with van der Waals surface area (Å²) in [6.45, 7) is 0. The standard InChI is InChI=1S/C11H10BrN3O2S/c12-11-10(5-2-6-14-11)15-18(16,17)9-4-1-3-8(13)7-9/h1-7,15H,13H2. The second-order valence-corrected chi connectivity index (χ2v) is 5.95. The van der Waals surface area contributed by atoms with E-state index >= 15 is 0 Å². The molecule has 7 heteroatoms. The molecule has 2 aromatic rings. The predicted octanol–water partition coefficient (Wildman–Crippen LogP) is 2.23. The number of benzene rings is 1. The van der Waals surface area contributed by atoms with Gasteiger partial charge >= 0.3 is 0 Å². The van der Waals surface area contributed by atoms with Crippen molar-refractivity contribution in [1.82, 2.24) is 4.98 Å². The van der Waals surface area contributed by atoms with Crippen LogP contribution in [0, 0.1) is 0 Å². The summed E-state index contributed by atoms with van der Waals surface area (Å²) in [5, 5.41) is 0. The fourth-order valence-corrected chi connectivity index (χ4v) is 2.95. The van der Waals surface area contributed by atoms with Crippen molar-refractivity contribution >= 4 is 37.3 Å². The lowest BCUT2D eigenvalue weighted by Crippen LogP contribution is -2.13. The molecule has 1 heterocycles. The van der Waals surface area contributed by atoms with Crippen molar-refractivity contribution in [2.75, 3.05) is 10.5 Å². The maximum absolute atomic E-state index is 12.1. The molecule has 1 aromatic heterocycles. The molecule has 0 bridgehead atoms. The number of halogens is 1. The lowest BCUT2D eigenvalue weighted by molar-refractivity contribution is 0.601. The molecule has 18 heavy (non-hydrogen) atoms. The van der Waals surface area contributed by atoms with Crippen LogP contribution in [0.5, 0.6) is 0 Å². The molecule has 0 saturated carbocycles. The first-order valence-corrected chi connectivity index (χ1v) is 7.25. The molecule has 0 spiro atoms. The smallest absolute Gasteiger partial charge is 0.262 e. The van der Waals surface area contributed by atoms with Gasteiger partial charge in [-0.15, -0.1) is 0 Å². The van der Waals surface area contributed by atoms with E-state index in [4.69, 9.17) is 5.73 Å². The maximum Gasteiger partial charge on any atom is 0.262 e. The molecule has 94 valence electrons. The largest absolute Gasteiger partial charge is 0.399 e. The topological polar surface area (TPSA) is 85.1 Å². The van der Waals surface area contributed by atoms with Gasteiger partial charge in [0.1, 0.15) is 4.60 Å². The molecule has 1 aromatic carbocycles. The average Bonchev–Trinajstić information content (AvgIpc) is 2.32. The Morgan fingerprint density at radius 2 is 2.00 bits per heavy atom. The number of rotatable bonds is 3. The summed E-state index contributed by atoms with van der Waals surface area (Å²) in [5.74, 6) is 0. The van der Waals surface area contributed by atoms with Gasteiger partial charge in [0, 0.05) is 11.9 Å². The highest BCUT2D eigenvalue weighted by Gasteiger charge is 2.15. The van der Waals surface area contributed by atoms with E-state index in [-0.39, 0.29) is 4.90 Å². The number of nitrogen functional groups attached to an aromatic ring is 1. The Morgan fingerprint density at radius 3 is 2.67 bits per heavy atom. The van der Waals surface area contributed by atoms with Gasteiger partial charge in [-0.05, 0) is 46.3 Å². The van der Waals surface area contributed by atoms with Crippen molar-refractivity contribution in [3.05, 3.63) is 47.2 Å². The summed E-state index contributed by atoms with van der Waals surface area (Å²) in [7, 11) is -3.66. The van der Waals surface area contributed by atoms with Gasteiger partial charge in [-0.25, -0.2) is 13.4 Å². The fourth-order valence-electron chi connectivity index (χ4n) is 1.35. The van der Waals surface area contributed by atoms with Crippen LogP contribution in [0.2, 0.25) is 0 Å². The van der Waals surface area contributed by atoms with Crippen molar-refractivity contribution in [3.63, 3.8) is 0 Å². The molecule has 5 nitrogen and oxygen atoms in total. The van der Waals surface area contributed by atoms with Crippen LogP contribution in [-0.4, -0.2) is 13.4 Å². The lowest BCUT2D eigenvalue weighted by atomic mass is 10.3. The van der Waals surface area contributed by atoms with Gasteiger partial charge in [-0.3, -0.25) is 4.72 Å². The zero-order valence-corrected chi connectivity index (χ0v) is 11.6. The van der Waals surface area contributed by atoms with Crippen molar-refractivity contribution in [2.24, 2.45) is 0 Å². The number of anilines is 2. The Labute approximate surface area is 113 Å². The van der Waals surface area contributed by atoms with Gasteiger partial charge < -0.3 is 5.73 Å². The molecule has 0 radical (unpaired) electrons. The summed E-state index contributed by atoms with van der Waals surface area (Å²) in [4.78, 5) is 4.05. The molecule has 0 amide bonds. The van der Waals surface area contributed by atoms with E-state index in [9.17, 15) is 8.42 Å². The molecule has 0 unspecified atom stereocenters. The van der Waals surface area contributed by atoms with E-state index in [1.807, 2.05) is 0 Å². The highest BCUT2D eigenvalue weighted by atomic mass is 79.9. The minimum atomic E-state index is -3.66. The zero-order valence-electron chi connectivity index (χ0n) is 9.17. The Hall–Kier alpha value is -1.60. The van der Waals surface area contributed by atoms with Crippen molar-refractivity contribution in [3.8, 4) is 0 Å². The SMILES string of the molecule is Nc1cccc(S(=O)(=O)Nc2cccnc2Br)c1. The molecule has 2 rings (SSSR count). The Balaban J connectivity index is 2.37. The number of aromatic nitrogens is 1. The molecule has 0 atom stereocenters. The molecule has 0 fully saturated rings. The third kappa shape index (κ3) is 2.80. The predicted molar refractivity (Wildman–Crippen MR) is 73.6 cm³/mol. The molecular weight excluding hydrogens is 318 g/mol. The van der Waals surface area contributed by atoms with Crippen LogP contribution >= 0.6 is 15.9 Å². The average molecular weight is 328 g/mol. The maximum atomic E-state index is 12.1. The van der Waals surface area contributed by atoms with Gasteiger partial charge in [-0.1, -0.05) is 6.07 Å². The van der Waals surface area contributed by atoms with Gasteiger partial charge in [-0.2, -0.15) is 0 Å². The number of nitrogens with one attached hydrogen (secondary N) is 1. The van der Waals surface area contributed by atoms with Crippen molar-refractivity contribution < 1.29 is 8.42 Å². The number of sulfonamides is 1. The quantitative estimate of drug-likeness (QED) is 0.668. The first kappa shape index (κ1) is 12.8. The number of nitrogens with zero attached hydrogens (tertiary/aromatic N) is 1. The van der Waals surface area contributed by atoms with E-state index in [1.165, 1.54) is 12.1 Å². The summed E-state index contributed by atoms with van der Waals surface area (Å²) in [6.07, 6.45) is 1.56. The van der Waals surface area contributed by atoms with Crippen LogP contribution in [0.15, 0.2) is 52.1 Å². The highest BCUT2D eigenvalue weighted by Crippen LogP contribution is 2.22. The molecule has 0 aliphatic heterocycles. The molecule has 0 saturated heterocycles. The Kier molecular flexibility index (Phi) is 3.53. The fraction of sp³-hybridized carbons (Fsp3) is 0. The minimum Gasteiger partial charge on any atom is -0.399 e. The van der Waals surface area contributed by atoms with Crippen LogP contribution < -0.4 is 10.5 Å². The summed E-state index contributed by atoms with van der Waals surface area (Å²) in [5.41, 5.74) is 6.33. The highest BCUT2D eigenvalue weighted by molar-refractivity contribution is 9.10. The number of hydrogen-bond donors (Lipinski definition) is 2. The van der Waals surface area contributed by atoms with Crippen LogP contribution in [-0.2, 0) is 10.0 Å². The van der Waals surface area contributed by atoms with Gasteiger partial charge in [0.25, 0.3) is 10.0 Å². The Morgan fingerprint density at radius 1 is 1.22 bits per heavy atom. The van der Waals surface area contributed by atoms with Crippen LogP contribution in [0.25, 0.3) is 0 Å². The molecular formula is C11H10BrN3O2S. The van der Waals surface area contributed by atoms with E-state index in [0.717, 1.165) is 0 Å². The van der Waals surface area contributed by atoms with E-state index in [1.54, 1.807) is 30.5 Å². The molecule has 0 aliphatic rings. The minimum absolute atomic E-state index is 0.109. The van der Waals surface area contributed by atoms with Gasteiger partial charge in [0.15, 0.2) is 0 Å². The summed E-state index contributed by atoms with van der Waals surface area (Å²) >= 11 is 3.17. The van der Waals surface area contributed by atoms with Gasteiger partial charge in [0.2, 0.25) is 0 Å². The number of pyridine rings is 1. The first-order chi connectivity index (χ1) is 8.49. The monoisotopic (exact) mass is 327 g/mol. The van der Waals surface area contributed by atoms with Crippen LogP contribution in [0.3, 0.4) is 0 Å². The zero-order chi connectivity index (χ0) is 13.2. The Bertz CT molecular complexity index is 673. The van der Waals surface area contributed by atoms with Crippen molar-refractivity contribution in [2.45, 2.75) is 4.90 Å². The third-order valence-electron chi connectivity index (χ3n) is 2.17. The lowest BCUT2D eigenvalue weighted by Gasteiger charge is -2.09. The molecule has 0 aliphatic carbocycles. The molecule has 3 N–H and O–H groups in total. The summed E-state index contributed by atoms with van der Waals surface area (Å²) < 4.78 is 27.0. The first-order valence-electron chi connectivity index (χ1n) is 4.98. The number of hydrogen-bond acceptors (Lipinski definition) is 4. The normalized spacial score (nSPS) is 11.2. The van der Waals surface area contributed by atoms with E-state index in [2.05, 4.69) is 25.6 Å². The van der Waals surface area contributed by atoms with E-state index in [0.29, 0.717) is 16.0 Å². The number of nitrogens with two attached hydrogens (primary N) is 1. The van der Waals surface area contributed by atoms with Crippen LogP contribution in [0.1, 0.15) is 0 Å². The summed E-state index contributed by atoms with van der Waals surface area (Å²) in [6, 6.07) is 9.33. The van der Waals surface area contributed by atoms with Crippen molar-refractivity contribution in [1.29, 1.82) is 0 Å². The van der Waals surface area contributed by atoms with E-state index < -0.39 is 10.0 Å². The van der Waals surface area contributed by atoms with Gasteiger partial charge in [0.05, 0.1) is 10.6 Å². The van der Waals surface area contributed by atoms with Crippen LogP contribution in [0.4, 0.5) is 11.4 Å². The second kappa shape index (κ2) is 4.95. The third-order valence-corrected chi connectivity index (χ3v) is 4.17. The second-order valence-electron chi connectivity index (χ2n) is 3.52.